The second-order valence-corrected chi connectivity index (χ2v) is 13.5. The van der Waals surface area contributed by atoms with Crippen molar-refractivity contribution in [3.63, 3.8) is 0 Å². The van der Waals surface area contributed by atoms with Gasteiger partial charge in [0.15, 0.2) is 0 Å². The van der Waals surface area contributed by atoms with Gasteiger partial charge in [-0.1, -0.05) is 23.2 Å². The zero-order valence-electron chi connectivity index (χ0n) is 35.8. The number of nitrogens with one attached hydrogen (secondary N) is 3. The van der Waals surface area contributed by atoms with Gasteiger partial charge in [-0.05, 0) is 27.7 Å². The maximum atomic E-state index is 14.3. The fourth-order valence-electron chi connectivity index (χ4n) is 4.87. The van der Waals surface area contributed by atoms with Crippen LogP contribution in [-0.2, 0) is 14.3 Å². The standard InChI is InChI=1S/C18H16ClF6N5O2.C17H12ClF6N5O.CH4O.CH3O.Na/c1-7(16(31)32-3)6-26-30-17-28-14(19)13(12-10(21)4-9(20)5-11(12)22)15(29-17)27-8(2)18(23,24)25;1-6-5-25-29(15(6)30)16-27-13(18)12(11-9(20)3-8(19)4-10(11)21)14(28-16)26-7(2)17(22,23)24;2*1-2;/h4-8H,1-3H3,(H2,27,28,29,30);3-7H,1-2H3,(H,26,27,28);2H,1H3;1H3;/q;;;-1;+1/b26-6+;;;;/t7?,8-;6?,7-;;;/m00.../s1. The van der Waals surface area contributed by atoms with E-state index in [9.17, 15) is 62.3 Å². The number of hydrogen-bond acceptors (Lipinski definition) is 14. The van der Waals surface area contributed by atoms with E-state index < -0.39 is 139 Å². The summed E-state index contributed by atoms with van der Waals surface area (Å²) in [7, 11) is 2.91. The van der Waals surface area contributed by atoms with Crippen LogP contribution in [0.2, 0.25) is 10.3 Å². The Labute approximate surface area is 404 Å². The van der Waals surface area contributed by atoms with Crippen LogP contribution in [0.4, 0.5) is 76.2 Å². The van der Waals surface area contributed by atoms with E-state index in [4.69, 9.17) is 33.4 Å². The first-order valence-corrected chi connectivity index (χ1v) is 18.7. The predicted molar refractivity (Wildman–Crippen MR) is 215 cm³/mol. The number of carbonyl (C=O) groups is 2. The van der Waals surface area contributed by atoms with Crippen LogP contribution in [0.5, 0.6) is 0 Å². The number of aliphatic hydroxyl groups excluding tert-OH is 1. The minimum atomic E-state index is -4.76. The number of anilines is 4. The van der Waals surface area contributed by atoms with Crippen molar-refractivity contribution in [2.45, 2.75) is 52.1 Å². The Morgan fingerprint density at radius 3 is 1.55 bits per heavy atom. The van der Waals surface area contributed by atoms with Crippen LogP contribution in [0.25, 0.3) is 22.3 Å². The quantitative estimate of drug-likeness (QED) is 0.0396. The Morgan fingerprint density at radius 1 is 0.776 bits per heavy atom. The van der Waals surface area contributed by atoms with Crippen LogP contribution in [-0.4, -0.2) is 95.1 Å². The van der Waals surface area contributed by atoms with E-state index in [-0.39, 0.29) is 29.6 Å². The number of methoxy groups -OCH3 is 1. The summed E-state index contributed by atoms with van der Waals surface area (Å²) in [6.45, 7) is 4.43. The minimum Gasteiger partial charge on any atom is -0.857 e. The molecule has 1 aliphatic heterocycles. The first kappa shape index (κ1) is 60.0. The number of hydrogen-bond donors (Lipinski definition) is 4. The van der Waals surface area contributed by atoms with Gasteiger partial charge in [0.25, 0.3) is 11.9 Å². The van der Waals surface area contributed by atoms with Gasteiger partial charge >= 0.3 is 47.9 Å². The van der Waals surface area contributed by atoms with Crippen molar-refractivity contribution in [1.82, 2.24) is 19.9 Å². The fourth-order valence-corrected chi connectivity index (χ4v) is 5.40. The number of hydrazone groups is 2. The molecule has 5 rings (SSSR count). The molecule has 0 radical (unpaired) electrons. The Kier molecular flexibility index (Phi) is 23.2. The molecular weight excluding hydrogens is 986 g/mol. The van der Waals surface area contributed by atoms with Crippen molar-refractivity contribution in [1.29, 1.82) is 0 Å². The van der Waals surface area contributed by atoms with Crippen LogP contribution < -0.4 is 55.7 Å². The molecule has 4 N–H and O–H groups in total. The van der Waals surface area contributed by atoms with Crippen LogP contribution in [0.3, 0.4) is 0 Å². The van der Waals surface area contributed by atoms with Gasteiger partial charge in [0.2, 0.25) is 5.95 Å². The second kappa shape index (κ2) is 25.9. The SMILES string of the molecule is CC1C=NN(c2nc(Cl)c(-c3c(F)cc(F)cc3F)c(N[C@@H](C)C(F)(F)F)n2)C1=O.CO.COC(=O)C(C)/C=N/Nc1nc(Cl)c(-c2c(F)cc(F)cc2F)c(N[C@@H](C)C(F)(F)F)n1.C[O-].[Na+]. The molecule has 2 unspecified atom stereocenters. The smallest absolute Gasteiger partial charge is 0.857 e. The molecule has 30 heteroatoms. The summed E-state index contributed by atoms with van der Waals surface area (Å²) in [4.78, 5) is 38.5. The maximum absolute atomic E-state index is 14.3. The van der Waals surface area contributed by atoms with Gasteiger partial charge in [0.1, 0.15) is 68.9 Å². The third-order valence-electron chi connectivity index (χ3n) is 8.15. The molecule has 1 aliphatic rings. The van der Waals surface area contributed by atoms with E-state index in [1.165, 1.54) is 20.1 Å². The van der Waals surface area contributed by atoms with Crippen LogP contribution in [0.15, 0.2) is 34.5 Å². The Balaban J connectivity index is 0.000000616. The van der Waals surface area contributed by atoms with Crippen molar-refractivity contribution in [2.75, 3.05) is 42.4 Å². The van der Waals surface area contributed by atoms with Crippen molar-refractivity contribution in [3.8, 4) is 22.3 Å². The Bertz CT molecular complexity index is 2380. The van der Waals surface area contributed by atoms with E-state index in [0.717, 1.165) is 41.4 Å². The predicted octanol–water partition coefficient (Wildman–Crippen LogP) is 4.92. The molecule has 0 saturated carbocycles. The summed E-state index contributed by atoms with van der Waals surface area (Å²) in [6, 6.07) is -3.12. The molecule has 4 atom stereocenters. The van der Waals surface area contributed by atoms with E-state index in [1.807, 2.05) is 10.6 Å². The summed E-state index contributed by atoms with van der Waals surface area (Å²) in [5, 5.41) is 26.0. The second-order valence-electron chi connectivity index (χ2n) is 12.8. The van der Waals surface area contributed by atoms with Gasteiger partial charge in [-0.3, -0.25) is 9.59 Å². The number of aliphatic hydroxyl groups is 1. The van der Waals surface area contributed by atoms with E-state index in [1.54, 1.807) is 0 Å². The first-order chi connectivity index (χ1) is 30.7. The third kappa shape index (κ3) is 15.7. The zero-order chi connectivity index (χ0) is 50.6. The van der Waals surface area contributed by atoms with E-state index in [0.29, 0.717) is 29.3 Å². The molecule has 4 aromatic rings. The van der Waals surface area contributed by atoms with Gasteiger partial charge in [-0.15, -0.1) is 0 Å². The zero-order valence-corrected chi connectivity index (χ0v) is 39.3. The van der Waals surface area contributed by atoms with Crippen molar-refractivity contribution < 1.29 is 107 Å². The first-order valence-electron chi connectivity index (χ1n) is 18.0. The average molecular weight is 1020 g/mol. The summed E-state index contributed by atoms with van der Waals surface area (Å²) < 4.78 is 167. The Hall–Kier alpha value is -5.06. The monoisotopic (exact) mass is 1020 g/mol. The minimum absolute atomic E-state index is 0. The largest absolute Gasteiger partial charge is 1.00 e. The molecule has 0 saturated heterocycles. The third-order valence-corrected chi connectivity index (χ3v) is 8.70. The van der Waals surface area contributed by atoms with Gasteiger partial charge in [-0.2, -0.15) is 68.6 Å². The summed E-state index contributed by atoms with van der Waals surface area (Å²) in [6.07, 6.45) is -7.17. The van der Waals surface area contributed by atoms with Gasteiger partial charge < -0.3 is 25.6 Å². The Morgan fingerprint density at radius 2 is 1.18 bits per heavy atom. The maximum Gasteiger partial charge on any atom is 1.00 e. The molecule has 3 heterocycles. The summed E-state index contributed by atoms with van der Waals surface area (Å²) >= 11 is 12.0. The molecule has 362 valence electrons. The van der Waals surface area contributed by atoms with Crippen molar-refractivity contribution in [2.24, 2.45) is 22.0 Å². The molecule has 0 spiro atoms. The molecule has 2 aromatic carbocycles. The number of aromatic nitrogens is 4. The number of alkyl halides is 6. The molecule has 0 fully saturated rings. The molecule has 0 aliphatic carbocycles. The number of rotatable bonds is 11. The number of nitrogens with zero attached hydrogens (tertiary/aromatic N) is 7. The number of esters is 1. The molecule has 1 amide bonds. The van der Waals surface area contributed by atoms with Crippen LogP contribution in [0.1, 0.15) is 27.7 Å². The number of carbonyl (C=O) groups excluding carboxylic acids is 2. The number of amides is 1. The van der Waals surface area contributed by atoms with Crippen LogP contribution in [0, 0.1) is 46.7 Å². The molecular formula is C37H35Cl2F12N10NaO5. The van der Waals surface area contributed by atoms with Gasteiger partial charge in [0.05, 0.1) is 41.2 Å². The average Bonchev–Trinajstić information content (AvgIpc) is 3.56. The van der Waals surface area contributed by atoms with Gasteiger partial charge in [0, 0.05) is 43.8 Å². The van der Waals surface area contributed by atoms with Crippen molar-refractivity contribution >= 4 is 71.0 Å². The summed E-state index contributed by atoms with van der Waals surface area (Å²) in [5.41, 5.74) is -0.941. The fraction of sp³-hybridized carbons (Fsp3) is 0.351. The molecule has 0 bridgehead atoms. The number of benzene rings is 2. The number of halogens is 14. The normalized spacial score (nSPS) is 14.6. The van der Waals surface area contributed by atoms with Crippen molar-refractivity contribution in [3.05, 3.63) is 69.5 Å². The molecule has 15 nitrogen and oxygen atoms in total. The number of ether oxygens (including phenoxy) is 1. The molecule has 2 aromatic heterocycles. The van der Waals surface area contributed by atoms with Crippen LogP contribution >= 0.6 is 23.2 Å². The van der Waals surface area contributed by atoms with Gasteiger partial charge in [-0.25, -0.2) is 31.8 Å². The molecule has 67 heavy (non-hydrogen) atoms. The topological polar surface area (TPSA) is 202 Å². The summed E-state index contributed by atoms with van der Waals surface area (Å²) in [5.74, 6) is -13.2. The van der Waals surface area contributed by atoms with E-state index in [2.05, 4.69) is 40.3 Å². The van der Waals surface area contributed by atoms with E-state index >= 15 is 0 Å².